The molecule has 0 aromatic carbocycles. The Morgan fingerprint density at radius 2 is 1.71 bits per heavy atom. The molecule has 146 valence electrons. The minimum Gasteiger partial charge on any atom is -0.378 e. The van der Waals surface area contributed by atoms with Gasteiger partial charge in [-0.25, -0.2) is 9.97 Å². The molecule has 0 unspecified atom stereocenters. The van der Waals surface area contributed by atoms with Gasteiger partial charge in [-0.1, -0.05) is 0 Å². The molecule has 2 saturated heterocycles. The van der Waals surface area contributed by atoms with E-state index in [9.17, 15) is 9.59 Å². The molecule has 0 aliphatic carbocycles. The Morgan fingerprint density at radius 3 is 2.43 bits per heavy atom. The number of rotatable bonds is 3. The highest BCUT2D eigenvalue weighted by molar-refractivity contribution is 5.94. The van der Waals surface area contributed by atoms with E-state index in [-0.39, 0.29) is 17.7 Å². The molecule has 2 aromatic heterocycles. The van der Waals surface area contributed by atoms with E-state index in [1.165, 1.54) is 0 Å². The minimum atomic E-state index is -0.146. The maximum absolute atomic E-state index is 12.9. The van der Waals surface area contributed by atoms with Gasteiger partial charge in [-0.05, 0) is 25.0 Å². The number of hydrogen-bond donors (Lipinski definition) is 0. The third kappa shape index (κ3) is 4.01. The monoisotopic (exact) mass is 381 g/mol. The second-order valence-corrected chi connectivity index (χ2v) is 7.06. The number of likely N-dealkylation sites (tertiary alicyclic amines) is 1. The van der Waals surface area contributed by atoms with Crippen molar-refractivity contribution in [1.82, 2.24) is 24.8 Å². The number of carbonyl (C=O) groups excluding carboxylic acids is 2. The van der Waals surface area contributed by atoms with Gasteiger partial charge in [0.2, 0.25) is 5.91 Å². The van der Waals surface area contributed by atoms with Crippen LogP contribution in [0.25, 0.3) is 11.4 Å². The lowest BCUT2D eigenvalue weighted by atomic mass is 9.96. The first-order chi connectivity index (χ1) is 13.7. The second-order valence-electron chi connectivity index (χ2n) is 7.06. The fourth-order valence-corrected chi connectivity index (χ4v) is 3.68. The third-order valence-corrected chi connectivity index (χ3v) is 5.22. The van der Waals surface area contributed by atoms with E-state index in [0.717, 1.165) is 18.4 Å². The zero-order valence-electron chi connectivity index (χ0n) is 15.7. The molecule has 28 heavy (non-hydrogen) atoms. The Balaban J connectivity index is 1.42. The van der Waals surface area contributed by atoms with Gasteiger partial charge in [0.05, 0.1) is 24.7 Å². The third-order valence-electron chi connectivity index (χ3n) is 5.22. The van der Waals surface area contributed by atoms with E-state index in [0.29, 0.717) is 50.8 Å². The lowest BCUT2D eigenvalue weighted by molar-refractivity contribution is -0.141. The molecule has 4 rings (SSSR count). The van der Waals surface area contributed by atoms with Gasteiger partial charge in [-0.3, -0.25) is 14.6 Å². The molecule has 2 aliphatic rings. The van der Waals surface area contributed by atoms with E-state index in [4.69, 9.17) is 4.74 Å². The van der Waals surface area contributed by atoms with Gasteiger partial charge in [-0.15, -0.1) is 0 Å². The van der Waals surface area contributed by atoms with E-state index >= 15 is 0 Å². The van der Waals surface area contributed by atoms with Crippen molar-refractivity contribution in [2.24, 2.45) is 5.92 Å². The summed E-state index contributed by atoms with van der Waals surface area (Å²) in [5.74, 6) is 0.414. The number of aromatic nitrogens is 3. The molecule has 2 amide bonds. The largest absolute Gasteiger partial charge is 0.378 e. The summed E-state index contributed by atoms with van der Waals surface area (Å²) in [5.41, 5.74) is 1.29. The molecule has 0 saturated carbocycles. The number of carbonyl (C=O) groups is 2. The van der Waals surface area contributed by atoms with Crippen LogP contribution < -0.4 is 0 Å². The first-order valence-electron chi connectivity index (χ1n) is 9.60. The van der Waals surface area contributed by atoms with Gasteiger partial charge < -0.3 is 14.5 Å². The molecule has 0 spiro atoms. The van der Waals surface area contributed by atoms with Gasteiger partial charge in [0.25, 0.3) is 5.91 Å². The number of amides is 2. The van der Waals surface area contributed by atoms with Crippen LogP contribution in [0, 0.1) is 5.92 Å². The molecule has 0 N–H and O–H groups in total. The summed E-state index contributed by atoms with van der Waals surface area (Å²) in [5, 5.41) is 0. The standard InChI is InChI=1S/C20H23N5O3/c26-19(24-8-10-28-11-9-24)16-2-1-7-25(14-16)20(27)17-12-22-18(23-13-17)15-3-5-21-6-4-15/h3-6,12-13,16H,1-2,7-11,14H2/t16-/m1/s1. The molecule has 2 aliphatic heterocycles. The van der Waals surface area contributed by atoms with E-state index in [1.807, 2.05) is 17.0 Å². The summed E-state index contributed by atoms with van der Waals surface area (Å²) < 4.78 is 5.32. The Morgan fingerprint density at radius 1 is 1.00 bits per heavy atom. The molecule has 8 heteroatoms. The number of morpholine rings is 1. The van der Waals surface area contributed by atoms with E-state index in [2.05, 4.69) is 15.0 Å². The molecular formula is C20H23N5O3. The van der Waals surface area contributed by atoms with Crippen LogP contribution >= 0.6 is 0 Å². The van der Waals surface area contributed by atoms with E-state index < -0.39 is 0 Å². The van der Waals surface area contributed by atoms with Crippen LogP contribution in [0.1, 0.15) is 23.2 Å². The lowest BCUT2D eigenvalue weighted by Crippen LogP contribution is -2.49. The maximum Gasteiger partial charge on any atom is 0.257 e. The van der Waals surface area contributed by atoms with Crippen molar-refractivity contribution in [3.63, 3.8) is 0 Å². The van der Waals surface area contributed by atoms with Gasteiger partial charge >= 0.3 is 0 Å². The van der Waals surface area contributed by atoms with Crippen LogP contribution in [0.15, 0.2) is 36.9 Å². The maximum atomic E-state index is 12.9. The van der Waals surface area contributed by atoms with Crippen molar-refractivity contribution >= 4 is 11.8 Å². The van der Waals surface area contributed by atoms with Crippen molar-refractivity contribution in [2.75, 3.05) is 39.4 Å². The summed E-state index contributed by atoms with van der Waals surface area (Å²) >= 11 is 0. The second kappa shape index (κ2) is 8.43. The van der Waals surface area contributed by atoms with Crippen LogP contribution in [0.5, 0.6) is 0 Å². The molecule has 2 fully saturated rings. The smallest absolute Gasteiger partial charge is 0.257 e. The fourth-order valence-electron chi connectivity index (χ4n) is 3.68. The Kier molecular flexibility index (Phi) is 5.57. The highest BCUT2D eigenvalue weighted by Gasteiger charge is 2.32. The summed E-state index contributed by atoms with van der Waals surface area (Å²) in [6.07, 6.45) is 8.10. The summed E-state index contributed by atoms with van der Waals surface area (Å²) in [7, 11) is 0. The number of pyridine rings is 1. The predicted molar refractivity (Wildman–Crippen MR) is 101 cm³/mol. The number of ether oxygens (including phenoxy) is 1. The van der Waals surface area contributed by atoms with Gasteiger partial charge in [0.15, 0.2) is 5.82 Å². The van der Waals surface area contributed by atoms with Gasteiger partial charge in [0, 0.05) is 56.5 Å². The number of hydrogen-bond acceptors (Lipinski definition) is 6. The number of nitrogens with zero attached hydrogens (tertiary/aromatic N) is 5. The summed E-state index contributed by atoms with van der Waals surface area (Å²) in [4.78, 5) is 41.9. The SMILES string of the molecule is O=C(c1cnc(-c2ccncc2)nc1)N1CCC[C@@H](C(=O)N2CCOCC2)C1. The Bertz CT molecular complexity index is 821. The van der Waals surface area contributed by atoms with Crippen molar-refractivity contribution in [2.45, 2.75) is 12.8 Å². The zero-order valence-corrected chi connectivity index (χ0v) is 15.7. The lowest BCUT2D eigenvalue weighted by Gasteiger charge is -2.36. The topological polar surface area (TPSA) is 88.5 Å². The van der Waals surface area contributed by atoms with Crippen molar-refractivity contribution in [1.29, 1.82) is 0 Å². The summed E-state index contributed by atoms with van der Waals surface area (Å²) in [6.45, 7) is 3.53. The zero-order chi connectivity index (χ0) is 19.3. The highest BCUT2D eigenvalue weighted by atomic mass is 16.5. The average molecular weight is 381 g/mol. The molecule has 0 bridgehead atoms. The van der Waals surface area contributed by atoms with Gasteiger partial charge in [0.1, 0.15) is 0 Å². The predicted octanol–water partition coefficient (Wildman–Crippen LogP) is 1.25. The molecule has 0 radical (unpaired) electrons. The average Bonchev–Trinajstić information content (AvgIpc) is 2.79. The first kappa shape index (κ1) is 18.5. The minimum absolute atomic E-state index is 0.124. The first-order valence-corrected chi connectivity index (χ1v) is 9.60. The van der Waals surface area contributed by atoms with Crippen LogP contribution in [-0.4, -0.2) is 76.0 Å². The van der Waals surface area contributed by atoms with Crippen LogP contribution in [0.2, 0.25) is 0 Å². The molecule has 4 heterocycles. The van der Waals surface area contributed by atoms with Crippen LogP contribution in [0.4, 0.5) is 0 Å². The fraction of sp³-hybridized carbons (Fsp3) is 0.450. The molecule has 8 nitrogen and oxygen atoms in total. The van der Waals surface area contributed by atoms with Crippen LogP contribution in [-0.2, 0) is 9.53 Å². The van der Waals surface area contributed by atoms with Crippen molar-refractivity contribution in [3.05, 3.63) is 42.5 Å². The quantitative estimate of drug-likeness (QED) is 0.795. The van der Waals surface area contributed by atoms with Gasteiger partial charge in [-0.2, -0.15) is 0 Å². The number of piperidine rings is 1. The molecule has 1 atom stereocenters. The molecule has 2 aromatic rings. The van der Waals surface area contributed by atoms with E-state index in [1.54, 1.807) is 29.7 Å². The van der Waals surface area contributed by atoms with Crippen molar-refractivity contribution in [3.8, 4) is 11.4 Å². The Hall–Kier alpha value is -2.87. The summed E-state index contributed by atoms with van der Waals surface area (Å²) in [6, 6.07) is 3.65. The van der Waals surface area contributed by atoms with Crippen LogP contribution in [0.3, 0.4) is 0 Å². The Labute approximate surface area is 163 Å². The normalized spacial score (nSPS) is 20.1. The highest BCUT2D eigenvalue weighted by Crippen LogP contribution is 2.21. The molecular weight excluding hydrogens is 358 g/mol. The van der Waals surface area contributed by atoms with Crippen molar-refractivity contribution < 1.29 is 14.3 Å².